The molecular formula is C29H27F2N5O4. The molecule has 1 unspecified atom stereocenters. The first-order valence-corrected chi connectivity index (χ1v) is 12.4. The molecule has 0 saturated heterocycles. The van der Waals surface area contributed by atoms with Crippen molar-refractivity contribution in [3.8, 4) is 11.1 Å². The molecule has 0 aliphatic rings. The fraction of sp³-hybridized carbons (Fsp3) is 0.172. The number of carboxylic acids is 1. The summed E-state index contributed by atoms with van der Waals surface area (Å²) in [6, 6.07) is 15.2. The Hall–Kier alpha value is -5.06. The van der Waals surface area contributed by atoms with Crippen LogP contribution in [0.2, 0.25) is 0 Å². The van der Waals surface area contributed by atoms with Crippen LogP contribution in [0, 0.1) is 11.6 Å². The van der Waals surface area contributed by atoms with Crippen molar-refractivity contribution < 1.29 is 28.3 Å². The van der Waals surface area contributed by atoms with Gasteiger partial charge in [0.1, 0.15) is 23.5 Å². The number of nitrogens with two attached hydrogens (primary N) is 1. The molecular weight excluding hydrogens is 520 g/mol. The number of H-pyrrole nitrogens is 1. The van der Waals surface area contributed by atoms with Crippen molar-refractivity contribution in [2.24, 2.45) is 5.73 Å². The minimum atomic E-state index is -1.33. The summed E-state index contributed by atoms with van der Waals surface area (Å²) in [4.78, 5) is 43.4. The quantitative estimate of drug-likeness (QED) is 0.181. The van der Waals surface area contributed by atoms with Crippen molar-refractivity contribution in [3.63, 3.8) is 0 Å². The number of carboxylic acid groups (broad SMARTS) is 1. The van der Waals surface area contributed by atoms with Crippen LogP contribution in [0.15, 0.2) is 79.1 Å². The number of hydrogen-bond acceptors (Lipinski definition) is 5. The second kappa shape index (κ2) is 12.7. The van der Waals surface area contributed by atoms with Crippen molar-refractivity contribution >= 4 is 23.5 Å². The van der Waals surface area contributed by atoms with Gasteiger partial charge in [-0.05, 0) is 65.6 Å². The van der Waals surface area contributed by atoms with Crippen LogP contribution in [0.5, 0.6) is 0 Å². The van der Waals surface area contributed by atoms with Gasteiger partial charge in [-0.1, -0.05) is 24.3 Å². The van der Waals surface area contributed by atoms with E-state index in [0.29, 0.717) is 29.2 Å². The van der Waals surface area contributed by atoms with E-state index in [9.17, 15) is 28.3 Å². The number of carbonyl (C=O) groups is 3. The van der Waals surface area contributed by atoms with Crippen molar-refractivity contribution in [2.45, 2.75) is 24.8 Å². The molecule has 0 fully saturated rings. The first kappa shape index (κ1) is 28.0. The number of aliphatic carboxylic acids is 1. The maximum atomic E-state index is 13.7. The van der Waals surface area contributed by atoms with Crippen LogP contribution in [0.4, 0.5) is 14.5 Å². The Morgan fingerprint density at radius 1 is 0.975 bits per heavy atom. The van der Waals surface area contributed by atoms with Gasteiger partial charge in [-0.2, -0.15) is 0 Å². The molecule has 6 N–H and O–H groups in total. The fourth-order valence-corrected chi connectivity index (χ4v) is 4.26. The molecule has 1 aromatic heterocycles. The van der Waals surface area contributed by atoms with E-state index >= 15 is 0 Å². The third kappa shape index (κ3) is 7.07. The number of nitrogens with zero attached hydrogens (tertiary/aromatic N) is 1. The van der Waals surface area contributed by atoms with Gasteiger partial charge in [0.25, 0.3) is 5.91 Å². The van der Waals surface area contributed by atoms with Gasteiger partial charge < -0.3 is 26.5 Å². The van der Waals surface area contributed by atoms with Gasteiger partial charge in [0.15, 0.2) is 0 Å². The van der Waals surface area contributed by atoms with E-state index < -0.39 is 29.6 Å². The summed E-state index contributed by atoms with van der Waals surface area (Å²) in [7, 11) is 0. The number of amides is 2. The van der Waals surface area contributed by atoms with Crippen LogP contribution in [0.1, 0.15) is 40.5 Å². The molecule has 0 saturated carbocycles. The van der Waals surface area contributed by atoms with E-state index in [1.54, 1.807) is 36.7 Å². The largest absolute Gasteiger partial charge is 0.480 e. The Balaban J connectivity index is 1.62. The Bertz CT molecular complexity index is 1480. The lowest BCUT2D eigenvalue weighted by atomic mass is 9.96. The van der Waals surface area contributed by atoms with Crippen molar-refractivity contribution in [2.75, 3.05) is 11.9 Å². The maximum Gasteiger partial charge on any atom is 0.326 e. The van der Waals surface area contributed by atoms with Crippen LogP contribution >= 0.6 is 0 Å². The Morgan fingerprint density at radius 2 is 1.65 bits per heavy atom. The number of primary amides is 1. The van der Waals surface area contributed by atoms with Gasteiger partial charge >= 0.3 is 5.97 Å². The van der Waals surface area contributed by atoms with Gasteiger partial charge in [-0.3, -0.25) is 9.59 Å². The van der Waals surface area contributed by atoms with Crippen LogP contribution < -0.4 is 16.4 Å². The SMILES string of the molecule is NC(=O)CC[C@H](NC(=O)c1ccc(NCC(c2ccc(F)cc2)c2ncc[nH]2)cc1-c1ccc(F)cc1)C(=O)O. The van der Waals surface area contributed by atoms with Crippen molar-refractivity contribution in [3.05, 3.63) is 108 Å². The minimum Gasteiger partial charge on any atom is -0.480 e. The van der Waals surface area contributed by atoms with E-state index in [1.165, 1.54) is 42.5 Å². The average Bonchev–Trinajstić information content (AvgIpc) is 3.47. The molecule has 2 atom stereocenters. The van der Waals surface area contributed by atoms with Crippen LogP contribution in [-0.2, 0) is 9.59 Å². The van der Waals surface area contributed by atoms with Crippen LogP contribution in [0.3, 0.4) is 0 Å². The lowest BCUT2D eigenvalue weighted by Crippen LogP contribution is -2.41. The molecule has 4 aromatic rings. The van der Waals surface area contributed by atoms with E-state index in [-0.39, 0.29) is 30.1 Å². The lowest BCUT2D eigenvalue weighted by Gasteiger charge is -2.19. The smallest absolute Gasteiger partial charge is 0.326 e. The number of anilines is 1. The molecule has 0 aliphatic heterocycles. The Morgan fingerprint density at radius 3 is 2.25 bits per heavy atom. The zero-order valence-corrected chi connectivity index (χ0v) is 21.2. The van der Waals surface area contributed by atoms with E-state index in [4.69, 9.17) is 5.73 Å². The molecule has 0 bridgehead atoms. The zero-order chi connectivity index (χ0) is 28.6. The number of carbonyl (C=O) groups excluding carboxylic acids is 2. The number of nitrogens with one attached hydrogen (secondary N) is 3. The first-order chi connectivity index (χ1) is 19.2. The molecule has 2 amide bonds. The third-order valence-corrected chi connectivity index (χ3v) is 6.33. The second-order valence-corrected chi connectivity index (χ2v) is 9.10. The van der Waals surface area contributed by atoms with Crippen molar-refractivity contribution in [1.29, 1.82) is 0 Å². The molecule has 11 heteroatoms. The second-order valence-electron chi connectivity index (χ2n) is 9.10. The molecule has 206 valence electrons. The normalized spacial score (nSPS) is 12.3. The summed E-state index contributed by atoms with van der Waals surface area (Å²) in [6.07, 6.45) is 2.94. The van der Waals surface area contributed by atoms with Crippen LogP contribution in [0.25, 0.3) is 11.1 Å². The number of rotatable bonds is 12. The summed E-state index contributed by atoms with van der Waals surface area (Å²) < 4.78 is 27.2. The number of aromatic nitrogens is 2. The van der Waals surface area contributed by atoms with Crippen molar-refractivity contribution in [1.82, 2.24) is 15.3 Å². The predicted octanol–water partition coefficient (Wildman–Crippen LogP) is 4.05. The highest BCUT2D eigenvalue weighted by Gasteiger charge is 2.24. The molecule has 40 heavy (non-hydrogen) atoms. The Labute approximate surface area is 228 Å². The molecule has 0 spiro atoms. The summed E-state index contributed by atoms with van der Waals surface area (Å²) in [5, 5.41) is 15.3. The van der Waals surface area contributed by atoms with E-state index in [0.717, 1.165) is 5.56 Å². The van der Waals surface area contributed by atoms with E-state index in [2.05, 4.69) is 20.6 Å². The third-order valence-electron chi connectivity index (χ3n) is 6.33. The fourth-order valence-electron chi connectivity index (χ4n) is 4.26. The summed E-state index contributed by atoms with van der Waals surface area (Å²) >= 11 is 0. The van der Waals surface area contributed by atoms with Gasteiger partial charge in [0, 0.05) is 36.6 Å². The summed E-state index contributed by atoms with van der Waals surface area (Å²) in [6.45, 7) is 0.363. The van der Waals surface area contributed by atoms with Crippen LogP contribution in [-0.4, -0.2) is 45.4 Å². The zero-order valence-electron chi connectivity index (χ0n) is 21.2. The van der Waals surface area contributed by atoms with Gasteiger partial charge in [0.2, 0.25) is 5.91 Å². The monoisotopic (exact) mass is 547 g/mol. The van der Waals surface area contributed by atoms with Gasteiger partial charge in [-0.25, -0.2) is 18.6 Å². The number of aromatic amines is 1. The standard InChI is InChI=1S/C29H27F2N5O4/c30-19-5-1-17(2-6-19)23-15-21(9-10-22(23)28(38)36-25(29(39)40)11-12-26(32)37)35-16-24(27-33-13-14-34-27)18-3-7-20(31)8-4-18/h1-10,13-15,24-25,35H,11-12,16H2,(H2,32,37)(H,33,34)(H,36,38)(H,39,40)/t24?,25-/m0/s1. The highest BCUT2D eigenvalue weighted by Crippen LogP contribution is 2.29. The number of hydrogen-bond donors (Lipinski definition) is 5. The predicted molar refractivity (Wildman–Crippen MR) is 144 cm³/mol. The Kier molecular flexibility index (Phi) is 8.85. The summed E-state index contributed by atoms with van der Waals surface area (Å²) in [5.41, 5.74) is 7.70. The van der Waals surface area contributed by atoms with Gasteiger partial charge in [0.05, 0.1) is 5.92 Å². The molecule has 0 radical (unpaired) electrons. The average molecular weight is 548 g/mol. The molecule has 4 rings (SSSR count). The number of halogens is 2. The molecule has 1 heterocycles. The first-order valence-electron chi connectivity index (χ1n) is 12.4. The topological polar surface area (TPSA) is 150 Å². The molecule has 3 aromatic carbocycles. The highest BCUT2D eigenvalue weighted by atomic mass is 19.1. The molecule has 9 nitrogen and oxygen atoms in total. The molecule has 0 aliphatic carbocycles. The highest BCUT2D eigenvalue weighted by molar-refractivity contribution is 6.03. The summed E-state index contributed by atoms with van der Waals surface area (Å²) in [5.74, 6) is -3.06. The minimum absolute atomic E-state index is 0.156. The number of imidazole rings is 1. The number of benzene rings is 3. The van der Waals surface area contributed by atoms with Gasteiger partial charge in [-0.15, -0.1) is 0 Å². The van der Waals surface area contributed by atoms with E-state index in [1.807, 2.05) is 0 Å². The lowest BCUT2D eigenvalue weighted by molar-refractivity contribution is -0.139. The maximum absolute atomic E-state index is 13.7.